The molecule has 0 saturated carbocycles. The van der Waals surface area contributed by atoms with Crippen LogP contribution in [-0.2, 0) is 4.79 Å². The fourth-order valence-corrected chi connectivity index (χ4v) is 8.21. The van der Waals surface area contributed by atoms with E-state index in [0.717, 1.165) is 31.1 Å². The van der Waals surface area contributed by atoms with Crippen molar-refractivity contribution in [1.29, 1.82) is 0 Å². The minimum absolute atomic E-state index is 0. The molecule has 2 rings (SSSR count). The van der Waals surface area contributed by atoms with Gasteiger partial charge in [-0.3, -0.25) is 9.79 Å². The van der Waals surface area contributed by atoms with Crippen LogP contribution < -0.4 is 0 Å². The van der Waals surface area contributed by atoms with E-state index in [1.165, 1.54) is 160 Å². The van der Waals surface area contributed by atoms with Crippen LogP contribution in [0.3, 0.4) is 0 Å². The SMILES string of the molecule is Br.CCCCCCCCCCCCC1=NCS(CC(=O)N2CCCCC2)=C1CCCCCCCCCCCC. The average Bonchev–Trinajstić information content (AvgIpc) is 3.32. The number of carbonyl (C=O) groups is 1. The molecule has 0 radical (unpaired) electrons. The molecule has 0 bridgehead atoms. The molecule has 1 fully saturated rings. The highest BCUT2D eigenvalue weighted by molar-refractivity contribution is 8.93. The number of nitrogens with zero attached hydrogens (tertiary/aromatic N) is 2. The molecule has 5 heteroatoms. The summed E-state index contributed by atoms with van der Waals surface area (Å²) >= 11 is 0. The van der Waals surface area contributed by atoms with Crippen molar-refractivity contribution in [2.24, 2.45) is 4.99 Å². The van der Waals surface area contributed by atoms with Gasteiger partial charge in [-0.05, 0) is 49.8 Å². The maximum absolute atomic E-state index is 13.1. The van der Waals surface area contributed by atoms with Gasteiger partial charge < -0.3 is 4.90 Å². The first-order valence-corrected chi connectivity index (χ1v) is 18.7. The third kappa shape index (κ3) is 17.4. The lowest BCUT2D eigenvalue weighted by Gasteiger charge is -2.27. The van der Waals surface area contributed by atoms with Crippen LogP contribution in [-0.4, -0.2) is 46.1 Å². The third-order valence-electron chi connectivity index (χ3n) is 8.61. The molecule has 2 heterocycles. The number of rotatable bonds is 24. The van der Waals surface area contributed by atoms with Crippen molar-refractivity contribution in [2.45, 2.75) is 174 Å². The fourth-order valence-electron chi connectivity index (χ4n) is 6.06. The second kappa shape index (κ2) is 25.5. The molecule has 1 atom stereocenters. The monoisotopic (exact) mass is 628 g/mol. The van der Waals surface area contributed by atoms with Gasteiger partial charge in [-0.15, -0.1) is 27.5 Å². The molecule has 0 aromatic rings. The Kier molecular flexibility index (Phi) is 24.1. The minimum Gasteiger partial charge on any atom is -0.342 e. The van der Waals surface area contributed by atoms with E-state index in [-0.39, 0.29) is 27.5 Å². The summed E-state index contributed by atoms with van der Waals surface area (Å²) < 4.78 is 0. The molecule has 2 aliphatic heterocycles. The number of halogens is 1. The van der Waals surface area contributed by atoms with Crippen LogP contribution in [0, 0.1) is 0 Å². The summed E-state index contributed by atoms with van der Waals surface area (Å²) in [4.78, 5) is 21.9. The first-order chi connectivity index (χ1) is 18.8. The number of amides is 1. The topological polar surface area (TPSA) is 32.7 Å². The molecule has 2 aliphatic rings. The summed E-state index contributed by atoms with van der Waals surface area (Å²) in [5.41, 5.74) is 1.41. The number of unbranched alkanes of at least 4 members (excludes halogenated alkanes) is 18. The number of likely N-dealkylation sites (tertiary alicyclic amines) is 1. The summed E-state index contributed by atoms with van der Waals surface area (Å²) in [5.74, 6) is 2.04. The Bertz CT molecular complexity index is 672. The van der Waals surface area contributed by atoms with Gasteiger partial charge in [0, 0.05) is 18.8 Å². The molecule has 0 N–H and O–H groups in total. The number of carbonyl (C=O) groups excluding carboxylic acids is 1. The highest BCUT2D eigenvalue weighted by Gasteiger charge is 2.23. The molecule has 0 aromatic carbocycles. The molecule has 0 spiro atoms. The van der Waals surface area contributed by atoms with Crippen molar-refractivity contribution in [1.82, 2.24) is 4.90 Å². The van der Waals surface area contributed by atoms with E-state index in [2.05, 4.69) is 18.7 Å². The van der Waals surface area contributed by atoms with Crippen molar-refractivity contribution in [2.75, 3.05) is 24.7 Å². The molecule has 230 valence electrons. The molecule has 1 unspecified atom stereocenters. The van der Waals surface area contributed by atoms with Gasteiger partial charge in [0.2, 0.25) is 5.91 Å². The minimum atomic E-state index is 0. The second-order valence-corrected chi connectivity index (χ2v) is 14.1. The molecular weight excluding hydrogens is 564 g/mol. The van der Waals surface area contributed by atoms with Gasteiger partial charge in [0.25, 0.3) is 0 Å². The van der Waals surface area contributed by atoms with Crippen LogP contribution in [0.25, 0.3) is 0 Å². The molecular formula is C34H65BrN2OS. The van der Waals surface area contributed by atoms with E-state index in [0.29, 0.717) is 5.91 Å². The van der Waals surface area contributed by atoms with Crippen LogP contribution in [0.1, 0.15) is 174 Å². The van der Waals surface area contributed by atoms with Gasteiger partial charge in [0.05, 0.1) is 11.6 Å². The molecule has 1 amide bonds. The van der Waals surface area contributed by atoms with Crippen molar-refractivity contribution >= 4 is 43.9 Å². The Labute approximate surface area is 256 Å². The summed E-state index contributed by atoms with van der Waals surface area (Å²) in [6, 6.07) is 0. The Morgan fingerprint density at radius 3 is 1.56 bits per heavy atom. The second-order valence-electron chi connectivity index (χ2n) is 12.1. The van der Waals surface area contributed by atoms with Gasteiger partial charge in [0.15, 0.2) is 0 Å². The van der Waals surface area contributed by atoms with E-state index < -0.39 is 0 Å². The van der Waals surface area contributed by atoms with E-state index >= 15 is 0 Å². The number of hydrogen-bond acceptors (Lipinski definition) is 2. The van der Waals surface area contributed by atoms with Crippen molar-refractivity contribution in [3.63, 3.8) is 0 Å². The number of aliphatic imine (C=N–C) groups is 1. The standard InChI is InChI=1S/C34H64N2OS.BrH/c1-3-5-7-9-11-13-15-17-19-22-26-32-33(27-23-20-18-16-14-12-10-8-6-4-2)38(31-35-32)30-34(37)36-28-24-21-25-29-36;/h3-31H2,1-2H3;1H. The van der Waals surface area contributed by atoms with Gasteiger partial charge >= 0.3 is 0 Å². The summed E-state index contributed by atoms with van der Waals surface area (Å²) in [6.45, 7) is 6.56. The Balaban J connectivity index is 0.00000760. The van der Waals surface area contributed by atoms with Gasteiger partial charge in [-0.1, -0.05) is 129 Å². The van der Waals surface area contributed by atoms with Crippen LogP contribution >= 0.6 is 27.5 Å². The smallest absolute Gasteiger partial charge is 0.232 e. The van der Waals surface area contributed by atoms with Crippen molar-refractivity contribution in [3.05, 3.63) is 0 Å². The van der Waals surface area contributed by atoms with Gasteiger partial charge in [-0.2, -0.15) is 0 Å². The fraction of sp³-hybridized carbons (Fsp3) is 0.912. The average molecular weight is 630 g/mol. The Morgan fingerprint density at radius 1 is 0.641 bits per heavy atom. The van der Waals surface area contributed by atoms with Crippen molar-refractivity contribution < 1.29 is 4.79 Å². The van der Waals surface area contributed by atoms with Crippen LogP contribution in [0.2, 0.25) is 0 Å². The zero-order chi connectivity index (χ0) is 27.1. The third-order valence-corrected chi connectivity index (χ3v) is 10.8. The van der Waals surface area contributed by atoms with E-state index in [4.69, 9.17) is 4.99 Å². The van der Waals surface area contributed by atoms with Crippen molar-refractivity contribution in [3.8, 4) is 0 Å². The lowest BCUT2D eigenvalue weighted by molar-refractivity contribution is -0.129. The zero-order valence-corrected chi connectivity index (χ0v) is 28.7. The first-order valence-electron chi connectivity index (χ1n) is 17.1. The maximum Gasteiger partial charge on any atom is 0.232 e. The lowest BCUT2D eigenvalue weighted by Crippen LogP contribution is -2.37. The number of piperidine rings is 1. The van der Waals surface area contributed by atoms with E-state index in [1.54, 1.807) is 4.86 Å². The highest BCUT2D eigenvalue weighted by atomic mass is 79.9. The van der Waals surface area contributed by atoms with E-state index in [9.17, 15) is 4.79 Å². The molecule has 1 saturated heterocycles. The predicted octanol–water partition coefficient (Wildman–Crippen LogP) is 11.1. The van der Waals surface area contributed by atoms with E-state index in [1.807, 2.05) is 0 Å². The largest absolute Gasteiger partial charge is 0.342 e. The molecule has 0 aromatic heterocycles. The van der Waals surface area contributed by atoms with Gasteiger partial charge in [0.1, 0.15) is 0 Å². The van der Waals surface area contributed by atoms with Gasteiger partial charge in [-0.25, -0.2) is 0 Å². The molecule has 39 heavy (non-hydrogen) atoms. The molecule has 3 nitrogen and oxygen atoms in total. The number of hydrogen-bond donors (Lipinski definition) is 0. The normalized spacial score (nSPS) is 17.4. The zero-order valence-electron chi connectivity index (χ0n) is 26.1. The lowest BCUT2D eigenvalue weighted by atomic mass is 10.0. The summed E-state index contributed by atoms with van der Waals surface area (Å²) in [6.07, 6.45) is 33.8. The molecule has 0 aliphatic carbocycles. The summed E-state index contributed by atoms with van der Waals surface area (Å²) in [7, 11) is 0.0666. The maximum atomic E-state index is 13.1. The van der Waals surface area contributed by atoms with Crippen LogP contribution in [0.5, 0.6) is 0 Å². The summed E-state index contributed by atoms with van der Waals surface area (Å²) in [5, 5.41) is 0. The Hall–Kier alpha value is -0.160. The quantitative estimate of drug-likeness (QED) is 0.0772. The van der Waals surface area contributed by atoms with Crippen LogP contribution in [0.15, 0.2) is 4.99 Å². The first kappa shape index (κ1) is 36.9. The van der Waals surface area contributed by atoms with Crippen LogP contribution in [0.4, 0.5) is 0 Å². The highest BCUT2D eigenvalue weighted by Crippen LogP contribution is 2.28. The predicted molar refractivity (Wildman–Crippen MR) is 183 cm³/mol. The Morgan fingerprint density at radius 2 is 1.08 bits per heavy atom.